The van der Waals surface area contributed by atoms with Crippen molar-refractivity contribution in [3.05, 3.63) is 42.2 Å². The van der Waals surface area contributed by atoms with Crippen LogP contribution in [0.1, 0.15) is 5.69 Å². The molecule has 0 saturated carbocycles. The van der Waals surface area contributed by atoms with Gasteiger partial charge in [-0.05, 0) is 29.3 Å². The van der Waals surface area contributed by atoms with Gasteiger partial charge in [-0.25, -0.2) is 9.78 Å². The van der Waals surface area contributed by atoms with E-state index in [0.717, 1.165) is 19.6 Å². The zero-order valence-corrected chi connectivity index (χ0v) is 16.5. The van der Waals surface area contributed by atoms with Crippen molar-refractivity contribution in [3.8, 4) is 11.1 Å². The number of rotatable bonds is 5. The quantitative estimate of drug-likeness (QED) is 0.574. The van der Waals surface area contributed by atoms with Crippen molar-refractivity contribution in [2.75, 3.05) is 44.7 Å². The van der Waals surface area contributed by atoms with Gasteiger partial charge in [0.25, 0.3) is 0 Å². The van der Waals surface area contributed by atoms with Crippen molar-refractivity contribution in [1.29, 1.82) is 0 Å². The molecule has 1 aromatic carbocycles. The zero-order valence-electron chi connectivity index (χ0n) is 16.5. The maximum atomic E-state index is 13.3. The number of aromatic nitrogens is 3. The monoisotopic (exact) mass is 434 g/mol. The molecule has 1 aliphatic rings. The highest BCUT2D eigenvalue weighted by molar-refractivity contribution is 5.95. The molecule has 2 aromatic heterocycles. The van der Waals surface area contributed by atoms with E-state index in [1.54, 1.807) is 24.3 Å². The number of H-pyrrole nitrogens is 1. The van der Waals surface area contributed by atoms with E-state index < -0.39 is 11.9 Å². The van der Waals surface area contributed by atoms with Gasteiger partial charge in [0.05, 0.1) is 18.6 Å². The van der Waals surface area contributed by atoms with E-state index in [0.29, 0.717) is 36.6 Å². The standard InChI is InChI=1S/C20H21F3N6O2/c21-20(22,23)17-16-15(5-6-24-18(16)28-27-17)13-1-3-14(4-2-13)26-19(30)25-7-8-29-9-11-31-12-10-29/h1-6H,7-12H2,(H,24,27,28)(H2,25,26,30). The molecule has 1 saturated heterocycles. The minimum Gasteiger partial charge on any atom is -0.379 e. The molecule has 0 radical (unpaired) electrons. The summed E-state index contributed by atoms with van der Waals surface area (Å²) in [4.78, 5) is 18.2. The van der Waals surface area contributed by atoms with E-state index in [2.05, 4.69) is 30.7 Å². The molecular formula is C20H21F3N6O2. The first kappa shape index (κ1) is 21.1. The lowest BCUT2D eigenvalue weighted by atomic mass is 10.0. The number of hydrogen-bond acceptors (Lipinski definition) is 5. The largest absolute Gasteiger partial charge is 0.435 e. The number of carbonyl (C=O) groups is 1. The Morgan fingerprint density at radius 1 is 1.16 bits per heavy atom. The minimum absolute atomic E-state index is 0.0617. The van der Waals surface area contributed by atoms with E-state index in [1.165, 1.54) is 12.3 Å². The van der Waals surface area contributed by atoms with Crippen molar-refractivity contribution in [2.45, 2.75) is 6.18 Å². The van der Waals surface area contributed by atoms with Crippen LogP contribution in [0.3, 0.4) is 0 Å². The number of anilines is 1. The highest BCUT2D eigenvalue weighted by Crippen LogP contribution is 2.37. The van der Waals surface area contributed by atoms with Crippen LogP contribution in [0.2, 0.25) is 0 Å². The Hall–Kier alpha value is -3.18. The second-order valence-corrected chi connectivity index (χ2v) is 7.06. The molecule has 31 heavy (non-hydrogen) atoms. The second kappa shape index (κ2) is 8.90. The number of alkyl halides is 3. The van der Waals surface area contributed by atoms with Crippen LogP contribution < -0.4 is 10.6 Å². The number of morpholine rings is 1. The van der Waals surface area contributed by atoms with Crippen LogP contribution in [0.4, 0.5) is 23.7 Å². The summed E-state index contributed by atoms with van der Waals surface area (Å²) in [6, 6.07) is 7.72. The predicted molar refractivity (Wildman–Crippen MR) is 109 cm³/mol. The number of urea groups is 1. The summed E-state index contributed by atoms with van der Waals surface area (Å²) in [7, 11) is 0. The summed E-state index contributed by atoms with van der Waals surface area (Å²) < 4.78 is 45.2. The van der Waals surface area contributed by atoms with Gasteiger partial charge in [-0.1, -0.05) is 12.1 Å². The highest BCUT2D eigenvalue weighted by Gasteiger charge is 2.37. The molecule has 0 atom stereocenters. The molecule has 0 unspecified atom stereocenters. The van der Waals surface area contributed by atoms with Crippen LogP contribution in [0, 0.1) is 0 Å². The van der Waals surface area contributed by atoms with Crippen LogP contribution >= 0.6 is 0 Å². The summed E-state index contributed by atoms with van der Waals surface area (Å²) in [6.07, 6.45) is -3.18. The molecule has 3 heterocycles. The van der Waals surface area contributed by atoms with Crippen molar-refractivity contribution in [1.82, 2.24) is 25.4 Å². The fourth-order valence-electron chi connectivity index (χ4n) is 3.46. The Kier molecular flexibility index (Phi) is 6.05. The van der Waals surface area contributed by atoms with Gasteiger partial charge in [0, 0.05) is 38.1 Å². The van der Waals surface area contributed by atoms with E-state index in [4.69, 9.17) is 4.74 Å². The summed E-state index contributed by atoms with van der Waals surface area (Å²) >= 11 is 0. The number of hydrogen-bond donors (Lipinski definition) is 3. The number of benzene rings is 1. The molecule has 1 fully saturated rings. The number of carbonyl (C=O) groups excluding carboxylic acids is 1. The topological polar surface area (TPSA) is 95.2 Å². The molecule has 164 valence electrons. The van der Waals surface area contributed by atoms with Crippen molar-refractivity contribution >= 4 is 22.8 Å². The molecule has 4 rings (SSSR count). The first-order valence-corrected chi connectivity index (χ1v) is 9.77. The Balaban J connectivity index is 1.41. The van der Waals surface area contributed by atoms with Gasteiger partial charge in [-0.3, -0.25) is 10.00 Å². The van der Waals surface area contributed by atoms with Gasteiger partial charge >= 0.3 is 12.2 Å². The van der Waals surface area contributed by atoms with Gasteiger partial charge in [-0.15, -0.1) is 0 Å². The number of aromatic amines is 1. The van der Waals surface area contributed by atoms with Crippen molar-refractivity contribution in [3.63, 3.8) is 0 Å². The highest BCUT2D eigenvalue weighted by atomic mass is 19.4. The number of fused-ring (bicyclic) bond motifs is 1. The van der Waals surface area contributed by atoms with E-state index in [9.17, 15) is 18.0 Å². The van der Waals surface area contributed by atoms with E-state index in [1.807, 2.05) is 0 Å². The third-order valence-corrected chi connectivity index (χ3v) is 5.00. The minimum atomic E-state index is -4.60. The molecule has 0 spiro atoms. The smallest absolute Gasteiger partial charge is 0.379 e. The van der Waals surface area contributed by atoms with Gasteiger partial charge in [0.2, 0.25) is 0 Å². The van der Waals surface area contributed by atoms with Crippen LogP contribution in [0.15, 0.2) is 36.5 Å². The second-order valence-electron chi connectivity index (χ2n) is 7.06. The lowest BCUT2D eigenvalue weighted by Crippen LogP contribution is -2.42. The summed E-state index contributed by atoms with van der Waals surface area (Å²) in [6.45, 7) is 4.33. The summed E-state index contributed by atoms with van der Waals surface area (Å²) in [5.41, 5.74) is 0.491. The number of amides is 2. The van der Waals surface area contributed by atoms with Crippen LogP contribution in [0.25, 0.3) is 22.2 Å². The number of nitrogens with one attached hydrogen (secondary N) is 3. The lowest BCUT2D eigenvalue weighted by molar-refractivity contribution is -0.139. The average molecular weight is 434 g/mol. The molecule has 1 aliphatic heterocycles. The fraction of sp³-hybridized carbons (Fsp3) is 0.350. The van der Waals surface area contributed by atoms with E-state index in [-0.39, 0.29) is 17.1 Å². The average Bonchev–Trinajstić information content (AvgIpc) is 3.20. The predicted octanol–water partition coefficient (Wildman–Crippen LogP) is 3.10. The van der Waals surface area contributed by atoms with Gasteiger partial charge in [0.15, 0.2) is 11.3 Å². The van der Waals surface area contributed by atoms with E-state index >= 15 is 0 Å². The molecule has 2 amide bonds. The molecule has 0 bridgehead atoms. The van der Waals surface area contributed by atoms with Crippen molar-refractivity contribution in [2.24, 2.45) is 0 Å². The molecule has 0 aliphatic carbocycles. The number of nitrogens with zero attached hydrogens (tertiary/aromatic N) is 3. The SMILES string of the molecule is O=C(NCCN1CCOCC1)Nc1ccc(-c2ccnc3[nH]nc(C(F)(F)F)c23)cc1. The van der Waals surface area contributed by atoms with Crippen LogP contribution in [0.5, 0.6) is 0 Å². The first-order chi connectivity index (χ1) is 14.9. The van der Waals surface area contributed by atoms with Gasteiger partial charge in [-0.2, -0.15) is 18.3 Å². The van der Waals surface area contributed by atoms with Crippen molar-refractivity contribution < 1.29 is 22.7 Å². The third kappa shape index (κ3) is 4.94. The molecular weight excluding hydrogens is 413 g/mol. The normalized spacial score (nSPS) is 15.2. The number of pyridine rings is 1. The Morgan fingerprint density at radius 2 is 1.90 bits per heavy atom. The Bertz CT molecular complexity index is 1050. The molecule has 3 aromatic rings. The maximum Gasteiger partial charge on any atom is 0.435 e. The lowest BCUT2D eigenvalue weighted by Gasteiger charge is -2.26. The maximum absolute atomic E-state index is 13.3. The van der Waals surface area contributed by atoms with Crippen LogP contribution in [-0.2, 0) is 10.9 Å². The zero-order chi connectivity index (χ0) is 21.8. The number of halogens is 3. The third-order valence-electron chi connectivity index (χ3n) is 5.00. The van der Waals surface area contributed by atoms with Gasteiger partial charge in [0.1, 0.15) is 0 Å². The molecule has 3 N–H and O–H groups in total. The van der Waals surface area contributed by atoms with Gasteiger partial charge < -0.3 is 15.4 Å². The molecule has 8 nitrogen and oxygen atoms in total. The first-order valence-electron chi connectivity index (χ1n) is 9.77. The van der Waals surface area contributed by atoms with Crippen LogP contribution in [-0.4, -0.2) is 65.5 Å². The Morgan fingerprint density at radius 3 is 2.61 bits per heavy atom. The summed E-state index contributed by atoms with van der Waals surface area (Å²) in [5, 5.41) is 11.1. The Labute approximate surface area is 175 Å². The molecule has 11 heteroatoms. The summed E-state index contributed by atoms with van der Waals surface area (Å²) in [5.74, 6) is 0. The number of ether oxygens (including phenoxy) is 1. The fourth-order valence-corrected chi connectivity index (χ4v) is 3.46.